The lowest BCUT2D eigenvalue weighted by Gasteiger charge is -2.50. The van der Waals surface area contributed by atoms with E-state index in [2.05, 4.69) is 15.9 Å². The number of benzene rings is 2. The zero-order valence-electron chi connectivity index (χ0n) is 17.3. The Morgan fingerprint density at radius 1 is 1.26 bits per heavy atom. The fraction of sp³-hybridized carbons (Fsp3) is 0.435. The molecule has 0 saturated carbocycles. The second-order valence-electron chi connectivity index (χ2n) is 8.57. The predicted octanol–water partition coefficient (Wildman–Crippen LogP) is 6.33. The highest BCUT2D eigenvalue weighted by molar-refractivity contribution is 9.10. The highest BCUT2D eigenvalue weighted by Crippen LogP contribution is 2.55. The van der Waals surface area contributed by atoms with Crippen molar-refractivity contribution in [1.29, 1.82) is 0 Å². The van der Waals surface area contributed by atoms with Crippen LogP contribution in [-0.4, -0.2) is 29.9 Å². The average Bonchev–Trinajstić information content (AvgIpc) is 2.70. The van der Waals surface area contributed by atoms with Gasteiger partial charge in [-0.15, -0.1) is 0 Å². The lowest BCUT2D eigenvalue weighted by Crippen LogP contribution is -2.52. The van der Waals surface area contributed by atoms with Crippen LogP contribution in [0.25, 0.3) is 0 Å². The molecule has 5 nitrogen and oxygen atoms in total. The van der Waals surface area contributed by atoms with E-state index in [1.54, 1.807) is 19.2 Å². The zero-order valence-corrected chi connectivity index (χ0v) is 20.4. The van der Waals surface area contributed by atoms with Gasteiger partial charge in [0.2, 0.25) is 0 Å². The van der Waals surface area contributed by atoms with Crippen LogP contribution in [0.4, 0.5) is 0 Å². The number of rotatable bonds is 4. The quantitative estimate of drug-likeness (QED) is 0.501. The van der Waals surface area contributed by atoms with Crippen LogP contribution in [0.15, 0.2) is 34.8 Å². The number of ether oxygens (including phenoxy) is 3. The summed E-state index contributed by atoms with van der Waals surface area (Å²) in [5, 5.41) is 10.9. The van der Waals surface area contributed by atoms with Gasteiger partial charge >= 0.3 is 5.97 Å². The maximum atomic E-state index is 12.2. The summed E-state index contributed by atoms with van der Waals surface area (Å²) >= 11 is 15.7. The normalized spacial score (nSPS) is 26.4. The number of hydrogen-bond acceptors (Lipinski definition) is 4. The number of carbonyl (C=O) groups is 1. The molecule has 0 radical (unpaired) electrons. The summed E-state index contributed by atoms with van der Waals surface area (Å²) in [7, 11) is 1.60. The maximum Gasteiger partial charge on any atom is 0.309 e. The molecule has 0 amide bonds. The van der Waals surface area contributed by atoms with E-state index in [9.17, 15) is 9.90 Å². The molecule has 2 aliphatic heterocycles. The molecule has 4 atom stereocenters. The summed E-state index contributed by atoms with van der Waals surface area (Å²) in [5.41, 5.74) is 1.11. The number of carboxylic acid groups (broad SMARTS) is 1. The topological polar surface area (TPSA) is 65.0 Å². The van der Waals surface area contributed by atoms with Crippen molar-refractivity contribution in [2.45, 2.75) is 44.5 Å². The third-order valence-electron chi connectivity index (χ3n) is 6.21. The molecule has 1 N–H and O–H groups in total. The molecular weight excluding hydrogens is 507 g/mol. The molecule has 0 spiro atoms. The minimum atomic E-state index is -0.878. The van der Waals surface area contributed by atoms with Gasteiger partial charge in [0.15, 0.2) is 11.5 Å². The molecule has 2 heterocycles. The summed E-state index contributed by atoms with van der Waals surface area (Å²) in [6.45, 7) is 3.94. The van der Waals surface area contributed by atoms with E-state index in [0.29, 0.717) is 34.4 Å². The Morgan fingerprint density at radius 2 is 2.00 bits per heavy atom. The summed E-state index contributed by atoms with van der Waals surface area (Å²) in [6, 6.07) is 9.15. The second-order valence-corrected chi connectivity index (χ2v) is 10.3. The molecule has 166 valence electrons. The predicted molar refractivity (Wildman–Crippen MR) is 122 cm³/mol. The smallest absolute Gasteiger partial charge is 0.309 e. The van der Waals surface area contributed by atoms with Crippen molar-refractivity contribution in [3.05, 3.63) is 56.0 Å². The summed E-state index contributed by atoms with van der Waals surface area (Å²) in [5.74, 6) is -0.434. The lowest BCUT2D eigenvalue weighted by molar-refractivity contribution is -0.187. The van der Waals surface area contributed by atoms with E-state index in [1.807, 2.05) is 32.0 Å². The third kappa shape index (κ3) is 4.28. The molecule has 0 aliphatic carbocycles. The monoisotopic (exact) mass is 528 g/mol. The van der Waals surface area contributed by atoms with E-state index in [4.69, 9.17) is 37.4 Å². The van der Waals surface area contributed by atoms with Crippen molar-refractivity contribution in [2.75, 3.05) is 7.11 Å². The lowest BCUT2D eigenvalue weighted by atomic mass is 9.71. The van der Waals surface area contributed by atoms with Crippen LogP contribution in [0.3, 0.4) is 0 Å². The first-order valence-corrected chi connectivity index (χ1v) is 11.5. The van der Waals surface area contributed by atoms with Crippen LogP contribution in [-0.2, 0) is 16.0 Å². The number of carboxylic acids is 1. The summed E-state index contributed by atoms with van der Waals surface area (Å²) in [4.78, 5) is 12.2. The summed E-state index contributed by atoms with van der Waals surface area (Å²) < 4.78 is 19.3. The fourth-order valence-corrected chi connectivity index (χ4v) is 5.39. The molecule has 1 fully saturated rings. The molecule has 0 aromatic heterocycles. The first-order chi connectivity index (χ1) is 14.6. The second kappa shape index (κ2) is 8.47. The van der Waals surface area contributed by atoms with Gasteiger partial charge in [-0.2, -0.15) is 0 Å². The van der Waals surface area contributed by atoms with Crippen LogP contribution in [0, 0.1) is 11.8 Å². The number of hydrogen-bond donors (Lipinski definition) is 1. The van der Waals surface area contributed by atoms with E-state index < -0.39 is 23.6 Å². The molecule has 31 heavy (non-hydrogen) atoms. The van der Waals surface area contributed by atoms with Gasteiger partial charge in [-0.3, -0.25) is 4.79 Å². The Bertz CT molecular complexity index is 1030. The Morgan fingerprint density at radius 3 is 2.65 bits per heavy atom. The average molecular weight is 530 g/mol. The summed E-state index contributed by atoms with van der Waals surface area (Å²) in [6.07, 6.45) is 0.00256. The van der Waals surface area contributed by atoms with Crippen molar-refractivity contribution in [3.8, 4) is 11.5 Å². The number of halogens is 3. The maximum absolute atomic E-state index is 12.2. The zero-order chi connectivity index (χ0) is 22.5. The first-order valence-electron chi connectivity index (χ1n) is 9.99. The van der Waals surface area contributed by atoms with Crippen molar-refractivity contribution in [3.63, 3.8) is 0 Å². The molecule has 2 aromatic carbocycles. The molecule has 2 aromatic rings. The van der Waals surface area contributed by atoms with E-state index in [0.717, 1.165) is 15.6 Å². The number of fused-ring (bicyclic) bond motifs is 3. The van der Waals surface area contributed by atoms with Crippen LogP contribution in [0.2, 0.25) is 10.0 Å². The Kier molecular flexibility index (Phi) is 6.21. The molecule has 2 aliphatic rings. The largest absolute Gasteiger partial charge is 0.493 e. The molecule has 4 rings (SSSR count). The van der Waals surface area contributed by atoms with E-state index in [1.165, 1.54) is 0 Å². The van der Waals surface area contributed by atoms with Crippen LogP contribution in [0.1, 0.15) is 37.5 Å². The minimum Gasteiger partial charge on any atom is -0.493 e. The van der Waals surface area contributed by atoms with Crippen LogP contribution in [0.5, 0.6) is 11.5 Å². The Balaban J connectivity index is 1.74. The Hall–Kier alpha value is -1.47. The molecule has 0 bridgehead atoms. The van der Waals surface area contributed by atoms with Crippen molar-refractivity contribution in [2.24, 2.45) is 11.8 Å². The van der Waals surface area contributed by atoms with E-state index in [-0.39, 0.29) is 12.0 Å². The van der Waals surface area contributed by atoms with Gasteiger partial charge in [0, 0.05) is 16.0 Å². The first kappa shape index (κ1) is 22.7. The van der Waals surface area contributed by atoms with Crippen molar-refractivity contribution >= 4 is 45.1 Å². The standard InChI is InChI=1S/C23H23BrCl2O5/c1-23(2)15-10-13(22(27)28)18(7-11-4-5-16(25)17(26)6-11)30-20(15)14-8-12(24)9-19(29-3)21(14)31-23/h4-6,8-9,13,15,18,20H,7,10H2,1-3H3,(H,27,28)/t13-,15-,18-,20+/m0/s1. The molecular formula is C23H23BrCl2O5. The third-order valence-corrected chi connectivity index (χ3v) is 7.41. The van der Waals surface area contributed by atoms with Gasteiger partial charge in [-0.1, -0.05) is 45.2 Å². The highest BCUT2D eigenvalue weighted by Gasteiger charge is 2.52. The SMILES string of the molecule is COc1cc(Br)cc2c1OC(C)(C)[C@H]1C[C@H](C(=O)O)[C@H](Cc3ccc(Cl)c(Cl)c3)O[C@H]21. The van der Waals surface area contributed by atoms with Gasteiger partial charge in [-0.25, -0.2) is 0 Å². The highest BCUT2D eigenvalue weighted by atomic mass is 79.9. The van der Waals surface area contributed by atoms with Gasteiger partial charge in [0.25, 0.3) is 0 Å². The van der Waals surface area contributed by atoms with Gasteiger partial charge in [0.1, 0.15) is 5.60 Å². The molecule has 0 unspecified atom stereocenters. The molecule has 8 heteroatoms. The van der Waals surface area contributed by atoms with Crippen molar-refractivity contribution < 1.29 is 24.1 Å². The number of methoxy groups -OCH3 is 1. The van der Waals surface area contributed by atoms with Crippen molar-refractivity contribution in [1.82, 2.24) is 0 Å². The molecule has 1 saturated heterocycles. The van der Waals surface area contributed by atoms with Crippen LogP contribution >= 0.6 is 39.1 Å². The van der Waals surface area contributed by atoms with Gasteiger partial charge < -0.3 is 19.3 Å². The fourth-order valence-electron chi connectivity index (χ4n) is 4.61. The van der Waals surface area contributed by atoms with E-state index >= 15 is 0 Å². The van der Waals surface area contributed by atoms with Crippen LogP contribution < -0.4 is 9.47 Å². The Labute approximate surface area is 199 Å². The minimum absolute atomic E-state index is 0.134. The van der Waals surface area contributed by atoms with Gasteiger partial charge in [0.05, 0.1) is 35.3 Å². The number of aliphatic carboxylic acids is 1. The van der Waals surface area contributed by atoms with Gasteiger partial charge in [-0.05, 0) is 56.5 Å².